The van der Waals surface area contributed by atoms with Crippen LogP contribution in [0.15, 0.2) is 42.6 Å². The van der Waals surface area contributed by atoms with E-state index in [-0.39, 0.29) is 5.54 Å². The van der Waals surface area contributed by atoms with Gasteiger partial charge in [0.25, 0.3) is 0 Å². The van der Waals surface area contributed by atoms with Crippen molar-refractivity contribution in [2.75, 3.05) is 6.54 Å². The molecule has 0 bridgehead atoms. The Balaban J connectivity index is 2.16. The predicted octanol–water partition coefficient (Wildman–Crippen LogP) is 2.29. The number of benzene rings is 1. The molecule has 0 spiro atoms. The third-order valence-electron chi connectivity index (χ3n) is 2.84. The van der Waals surface area contributed by atoms with Crippen LogP contribution in [0.1, 0.15) is 32.6 Å². The third kappa shape index (κ3) is 3.66. The molecule has 1 atom stereocenters. The monoisotopic (exact) mass is 259 g/mol. The van der Waals surface area contributed by atoms with E-state index in [9.17, 15) is 5.11 Å². The fraction of sp³-hybridized carbons (Fsp3) is 0.400. The number of nitrogens with one attached hydrogen (secondary N) is 1. The van der Waals surface area contributed by atoms with Crippen molar-refractivity contribution in [1.29, 1.82) is 0 Å². The summed E-state index contributed by atoms with van der Waals surface area (Å²) in [4.78, 5) is 0. The first-order valence-corrected chi connectivity index (χ1v) is 6.50. The first kappa shape index (κ1) is 13.8. The molecule has 0 saturated carbocycles. The molecule has 0 aliphatic heterocycles. The van der Waals surface area contributed by atoms with Gasteiger partial charge >= 0.3 is 0 Å². The van der Waals surface area contributed by atoms with Crippen molar-refractivity contribution in [3.05, 3.63) is 48.3 Å². The highest BCUT2D eigenvalue weighted by atomic mass is 16.3. The summed E-state index contributed by atoms with van der Waals surface area (Å²) in [6.07, 6.45) is 1.13. The van der Waals surface area contributed by atoms with E-state index in [2.05, 4.69) is 31.2 Å². The van der Waals surface area contributed by atoms with Crippen molar-refractivity contribution in [3.63, 3.8) is 0 Å². The zero-order valence-corrected chi connectivity index (χ0v) is 11.7. The van der Waals surface area contributed by atoms with Gasteiger partial charge < -0.3 is 10.4 Å². The van der Waals surface area contributed by atoms with Gasteiger partial charge in [0.15, 0.2) is 0 Å². The molecule has 4 nitrogen and oxygen atoms in total. The lowest BCUT2D eigenvalue weighted by atomic mass is 10.1. The van der Waals surface area contributed by atoms with Gasteiger partial charge in [-0.3, -0.25) is 0 Å². The number of hydrogen-bond donors (Lipinski definition) is 2. The van der Waals surface area contributed by atoms with E-state index in [1.54, 1.807) is 10.9 Å². The van der Waals surface area contributed by atoms with Crippen LogP contribution < -0.4 is 5.32 Å². The Morgan fingerprint density at radius 1 is 1.21 bits per heavy atom. The number of aromatic nitrogens is 2. The SMILES string of the molecule is CC(C)(C)NCC(O)c1ccnn1-c1ccccc1. The molecule has 0 fully saturated rings. The van der Waals surface area contributed by atoms with Crippen molar-refractivity contribution >= 4 is 0 Å². The summed E-state index contributed by atoms with van der Waals surface area (Å²) < 4.78 is 1.77. The van der Waals surface area contributed by atoms with Crippen LogP contribution in [0.25, 0.3) is 5.69 Å². The fourth-order valence-corrected chi connectivity index (χ4v) is 1.86. The van der Waals surface area contributed by atoms with Gasteiger partial charge in [0, 0.05) is 18.3 Å². The Hall–Kier alpha value is -1.65. The van der Waals surface area contributed by atoms with Crippen molar-refractivity contribution in [2.45, 2.75) is 32.4 Å². The number of aliphatic hydroxyl groups excluding tert-OH is 1. The maximum absolute atomic E-state index is 10.3. The number of nitrogens with zero attached hydrogens (tertiary/aromatic N) is 2. The number of aliphatic hydroxyl groups is 1. The van der Waals surface area contributed by atoms with E-state index in [0.29, 0.717) is 6.54 Å². The molecule has 1 aromatic carbocycles. The first-order valence-electron chi connectivity index (χ1n) is 6.50. The molecule has 0 amide bonds. The molecule has 0 aliphatic carbocycles. The highest BCUT2D eigenvalue weighted by Gasteiger charge is 2.17. The topological polar surface area (TPSA) is 50.1 Å². The van der Waals surface area contributed by atoms with Crippen molar-refractivity contribution in [2.24, 2.45) is 0 Å². The smallest absolute Gasteiger partial charge is 0.108 e. The lowest BCUT2D eigenvalue weighted by molar-refractivity contribution is 0.156. The highest BCUT2D eigenvalue weighted by molar-refractivity contribution is 5.32. The van der Waals surface area contributed by atoms with Gasteiger partial charge in [-0.25, -0.2) is 4.68 Å². The van der Waals surface area contributed by atoms with E-state index in [1.165, 1.54) is 0 Å². The van der Waals surface area contributed by atoms with E-state index < -0.39 is 6.10 Å². The van der Waals surface area contributed by atoms with Crippen LogP contribution in [-0.4, -0.2) is 27.0 Å². The second kappa shape index (κ2) is 5.55. The van der Waals surface area contributed by atoms with Crippen LogP contribution >= 0.6 is 0 Å². The van der Waals surface area contributed by atoms with Crippen molar-refractivity contribution < 1.29 is 5.11 Å². The second-order valence-electron chi connectivity index (χ2n) is 5.65. The molecule has 2 aromatic rings. The summed E-state index contributed by atoms with van der Waals surface area (Å²) in [7, 11) is 0. The minimum atomic E-state index is -0.582. The van der Waals surface area contributed by atoms with Gasteiger partial charge in [0.2, 0.25) is 0 Å². The fourth-order valence-electron chi connectivity index (χ4n) is 1.86. The molecule has 1 aromatic heterocycles. The lowest BCUT2D eigenvalue weighted by Crippen LogP contribution is -2.38. The average molecular weight is 259 g/mol. The summed E-state index contributed by atoms with van der Waals surface area (Å²) >= 11 is 0. The summed E-state index contributed by atoms with van der Waals surface area (Å²) in [5.41, 5.74) is 1.73. The molecule has 0 aliphatic rings. The Bertz CT molecular complexity index is 514. The molecule has 4 heteroatoms. The summed E-state index contributed by atoms with van der Waals surface area (Å²) in [5.74, 6) is 0. The van der Waals surface area contributed by atoms with Crippen molar-refractivity contribution in [3.8, 4) is 5.69 Å². The third-order valence-corrected chi connectivity index (χ3v) is 2.84. The maximum atomic E-state index is 10.3. The normalized spacial score (nSPS) is 13.5. The quantitative estimate of drug-likeness (QED) is 0.885. The Labute approximate surface area is 114 Å². The highest BCUT2D eigenvalue weighted by Crippen LogP contribution is 2.17. The van der Waals surface area contributed by atoms with Crippen LogP contribution in [0.5, 0.6) is 0 Å². The van der Waals surface area contributed by atoms with E-state index in [1.807, 2.05) is 36.4 Å². The van der Waals surface area contributed by atoms with E-state index in [0.717, 1.165) is 11.4 Å². The number of β-amino-alcohol motifs (C(OH)–C–C–N with tert-alkyl or cyclic N) is 1. The minimum absolute atomic E-state index is 0.0153. The molecule has 1 unspecified atom stereocenters. The largest absolute Gasteiger partial charge is 0.385 e. The molecule has 0 radical (unpaired) electrons. The first-order chi connectivity index (χ1) is 8.97. The van der Waals surface area contributed by atoms with E-state index in [4.69, 9.17) is 0 Å². The van der Waals surface area contributed by atoms with Crippen LogP contribution in [0.4, 0.5) is 0 Å². The van der Waals surface area contributed by atoms with Gasteiger partial charge in [0.05, 0.1) is 11.4 Å². The summed E-state index contributed by atoms with van der Waals surface area (Å²) in [5, 5.41) is 17.9. The molecular weight excluding hydrogens is 238 g/mol. The van der Waals surface area contributed by atoms with Gasteiger partial charge in [-0.15, -0.1) is 0 Å². The Kier molecular flexibility index (Phi) is 4.02. The van der Waals surface area contributed by atoms with Crippen LogP contribution in [0, 0.1) is 0 Å². The Morgan fingerprint density at radius 3 is 2.53 bits per heavy atom. The minimum Gasteiger partial charge on any atom is -0.385 e. The molecule has 102 valence electrons. The average Bonchev–Trinajstić information content (AvgIpc) is 2.85. The maximum Gasteiger partial charge on any atom is 0.108 e. The van der Waals surface area contributed by atoms with E-state index >= 15 is 0 Å². The summed E-state index contributed by atoms with van der Waals surface area (Å²) in [6, 6.07) is 11.7. The number of rotatable bonds is 4. The van der Waals surface area contributed by atoms with Gasteiger partial charge in [-0.1, -0.05) is 18.2 Å². The zero-order valence-electron chi connectivity index (χ0n) is 11.7. The molecule has 2 N–H and O–H groups in total. The van der Waals surface area contributed by atoms with Gasteiger partial charge in [0.1, 0.15) is 6.10 Å². The van der Waals surface area contributed by atoms with Gasteiger partial charge in [-0.05, 0) is 39.0 Å². The summed E-state index contributed by atoms with van der Waals surface area (Å²) in [6.45, 7) is 6.73. The van der Waals surface area contributed by atoms with Gasteiger partial charge in [-0.2, -0.15) is 5.10 Å². The molecule has 1 heterocycles. The molecule has 2 rings (SSSR count). The predicted molar refractivity (Wildman–Crippen MR) is 76.3 cm³/mol. The van der Waals surface area contributed by atoms with Crippen LogP contribution in [0.3, 0.4) is 0 Å². The molecular formula is C15H21N3O. The molecule has 19 heavy (non-hydrogen) atoms. The number of para-hydroxylation sites is 1. The molecule has 0 saturated heterocycles. The van der Waals surface area contributed by atoms with Crippen LogP contribution in [0.2, 0.25) is 0 Å². The van der Waals surface area contributed by atoms with Crippen LogP contribution in [-0.2, 0) is 0 Å². The lowest BCUT2D eigenvalue weighted by Gasteiger charge is -2.23. The zero-order chi connectivity index (χ0) is 13.9. The Morgan fingerprint density at radius 2 is 1.89 bits per heavy atom. The standard InChI is InChI=1S/C15H21N3O/c1-15(2,3)16-11-14(19)13-9-10-17-18(13)12-7-5-4-6-8-12/h4-10,14,16,19H,11H2,1-3H3. The number of hydrogen-bond acceptors (Lipinski definition) is 3. The second-order valence-corrected chi connectivity index (χ2v) is 5.65. The van der Waals surface area contributed by atoms with Crippen molar-refractivity contribution in [1.82, 2.24) is 15.1 Å².